The highest BCUT2D eigenvalue weighted by Crippen LogP contribution is 2.26. The first-order valence-electron chi connectivity index (χ1n) is 4.12. The molecule has 1 radical (unpaired) electrons. The summed E-state index contributed by atoms with van der Waals surface area (Å²) in [6.07, 6.45) is 0. The smallest absolute Gasteiger partial charge is 0.258 e. The maximum Gasteiger partial charge on any atom is 0.273 e. The molecule has 13 heavy (non-hydrogen) atoms. The van der Waals surface area contributed by atoms with E-state index in [-0.39, 0.29) is 16.5 Å². The monoisotopic (exact) mass is 178 g/mol. The van der Waals surface area contributed by atoms with Gasteiger partial charge in [-0.3, -0.25) is 10.1 Å². The predicted molar refractivity (Wildman–Crippen MR) is 51.6 cm³/mol. The summed E-state index contributed by atoms with van der Waals surface area (Å²) < 4.78 is 0. The zero-order valence-electron chi connectivity index (χ0n) is 7.78. The van der Waals surface area contributed by atoms with Crippen molar-refractivity contribution in [3.05, 3.63) is 46.4 Å². The van der Waals surface area contributed by atoms with Crippen molar-refractivity contribution in [3.63, 3.8) is 0 Å². The first-order chi connectivity index (χ1) is 6.02. The summed E-state index contributed by atoms with van der Waals surface area (Å²) in [6, 6.07) is 5.07. The van der Waals surface area contributed by atoms with E-state index in [1.807, 2.05) is 13.8 Å². The van der Waals surface area contributed by atoms with Crippen LogP contribution < -0.4 is 0 Å². The lowest BCUT2D eigenvalue weighted by molar-refractivity contribution is -0.385. The van der Waals surface area contributed by atoms with Crippen molar-refractivity contribution >= 4 is 5.69 Å². The lowest BCUT2D eigenvalue weighted by Gasteiger charge is -2.06. The molecular weight excluding hydrogens is 166 g/mol. The Balaban J connectivity index is 3.27. The summed E-state index contributed by atoms with van der Waals surface area (Å²) >= 11 is 0. The number of hydrogen-bond acceptors (Lipinski definition) is 2. The topological polar surface area (TPSA) is 43.1 Å². The Bertz CT molecular complexity index is 332. The average molecular weight is 178 g/mol. The van der Waals surface area contributed by atoms with E-state index in [0.717, 1.165) is 5.56 Å². The van der Waals surface area contributed by atoms with E-state index in [1.54, 1.807) is 12.1 Å². The minimum atomic E-state index is -0.357. The summed E-state index contributed by atoms with van der Waals surface area (Å²) in [6.45, 7) is 7.53. The highest BCUT2D eigenvalue weighted by molar-refractivity contribution is 5.45. The molecule has 0 aliphatic heterocycles. The standard InChI is InChI=1S/C10H12NO2/c1-7(2)9-5-4-8(3)6-10(9)11(12)13/h4-7H,3H2,1-2H3. The summed E-state index contributed by atoms with van der Waals surface area (Å²) in [5.74, 6) is 0.168. The maximum absolute atomic E-state index is 10.7. The Morgan fingerprint density at radius 3 is 2.54 bits per heavy atom. The third kappa shape index (κ3) is 2.05. The lowest BCUT2D eigenvalue weighted by atomic mass is 10.00. The van der Waals surface area contributed by atoms with Crippen LogP contribution in [0.5, 0.6) is 0 Å². The third-order valence-corrected chi connectivity index (χ3v) is 1.91. The van der Waals surface area contributed by atoms with E-state index in [1.165, 1.54) is 6.07 Å². The molecule has 0 aromatic heterocycles. The normalized spacial score (nSPS) is 10.5. The molecule has 0 unspecified atom stereocenters. The molecule has 0 bridgehead atoms. The maximum atomic E-state index is 10.7. The number of rotatable bonds is 2. The SMILES string of the molecule is [CH2]c1ccc(C(C)C)c([N+](=O)[O-])c1. The van der Waals surface area contributed by atoms with Gasteiger partial charge < -0.3 is 0 Å². The largest absolute Gasteiger partial charge is 0.273 e. The van der Waals surface area contributed by atoms with Crippen LogP contribution in [0, 0.1) is 17.0 Å². The van der Waals surface area contributed by atoms with E-state index in [0.29, 0.717) is 5.56 Å². The molecular formula is C10H12NO2. The van der Waals surface area contributed by atoms with Crippen LogP contribution in [0.15, 0.2) is 18.2 Å². The van der Waals surface area contributed by atoms with Gasteiger partial charge in [0.15, 0.2) is 0 Å². The van der Waals surface area contributed by atoms with Gasteiger partial charge in [0, 0.05) is 11.6 Å². The fraction of sp³-hybridized carbons (Fsp3) is 0.300. The third-order valence-electron chi connectivity index (χ3n) is 1.91. The van der Waals surface area contributed by atoms with Gasteiger partial charge in [0.25, 0.3) is 5.69 Å². The highest BCUT2D eigenvalue weighted by Gasteiger charge is 2.15. The quantitative estimate of drug-likeness (QED) is 0.516. The van der Waals surface area contributed by atoms with Gasteiger partial charge >= 0.3 is 0 Å². The second-order valence-electron chi connectivity index (χ2n) is 3.30. The zero-order chi connectivity index (χ0) is 10.0. The molecule has 0 aliphatic carbocycles. The minimum absolute atomic E-state index is 0.168. The first-order valence-corrected chi connectivity index (χ1v) is 4.12. The second kappa shape index (κ2) is 3.56. The molecule has 0 saturated heterocycles. The predicted octanol–water partition coefficient (Wildman–Crippen LogP) is 2.90. The van der Waals surface area contributed by atoms with Crippen molar-refractivity contribution < 1.29 is 4.92 Å². The van der Waals surface area contributed by atoms with Crippen LogP contribution in [0.2, 0.25) is 0 Å². The fourth-order valence-electron chi connectivity index (χ4n) is 1.24. The van der Waals surface area contributed by atoms with Crippen LogP contribution in [0.4, 0.5) is 5.69 Å². The van der Waals surface area contributed by atoms with E-state index >= 15 is 0 Å². The van der Waals surface area contributed by atoms with Crippen LogP contribution in [-0.4, -0.2) is 4.92 Å². The van der Waals surface area contributed by atoms with Crippen LogP contribution in [-0.2, 0) is 0 Å². The lowest BCUT2D eigenvalue weighted by Crippen LogP contribution is -1.97. The molecule has 0 saturated carbocycles. The van der Waals surface area contributed by atoms with Gasteiger partial charge in [-0.1, -0.05) is 26.0 Å². The molecule has 0 amide bonds. The van der Waals surface area contributed by atoms with Crippen LogP contribution in [0.1, 0.15) is 30.9 Å². The Morgan fingerprint density at radius 2 is 2.08 bits per heavy atom. The van der Waals surface area contributed by atoms with Gasteiger partial charge in [0.1, 0.15) is 0 Å². The zero-order valence-corrected chi connectivity index (χ0v) is 7.78. The van der Waals surface area contributed by atoms with Gasteiger partial charge in [-0.25, -0.2) is 0 Å². The molecule has 0 heterocycles. The molecule has 69 valence electrons. The Morgan fingerprint density at radius 1 is 1.46 bits per heavy atom. The molecule has 1 aromatic carbocycles. The fourth-order valence-corrected chi connectivity index (χ4v) is 1.24. The number of benzene rings is 1. The van der Waals surface area contributed by atoms with Crippen LogP contribution in [0.25, 0.3) is 0 Å². The van der Waals surface area contributed by atoms with Gasteiger partial charge in [-0.05, 0) is 18.4 Å². The van der Waals surface area contributed by atoms with E-state index in [9.17, 15) is 10.1 Å². The van der Waals surface area contributed by atoms with E-state index in [4.69, 9.17) is 0 Å². The molecule has 0 N–H and O–H groups in total. The number of hydrogen-bond donors (Lipinski definition) is 0. The number of nitro groups is 1. The molecule has 3 nitrogen and oxygen atoms in total. The van der Waals surface area contributed by atoms with E-state index < -0.39 is 0 Å². The molecule has 0 aliphatic rings. The van der Waals surface area contributed by atoms with Gasteiger partial charge in [0.2, 0.25) is 0 Å². The molecule has 1 rings (SSSR count). The van der Waals surface area contributed by atoms with Crippen LogP contribution >= 0.6 is 0 Å². The minimum Gasteiger partial charge on any atom is -0.258 e. The van der Waals surface area contributed by atoms with Crippen LogP contribution in [0.3, 0.4) is 0 Å². The van der Waals surface area contributed by atoms with Crippen molar-refractivity contribution in [3.8, 4) is 0 Å². The summed E-state index contributed by atoms with van der Waals surface area (Å²) in [4.78, 5) is 10.3. The van der Waals surface area contributed by atoms with Crippen molar-refractivity contribution in [2.45, 2.75) is 19.8 Å². The summed E-state index contributed by atoms with van der Waals surface area (Å²) in [5, 5.41) is 10.7. The average Bonchev–Trinajstić information content (AvgIpc) is 2.03. The molecule has 3 heteroatoms. The Kier molecular flexibility index (Phi) is 2.66. The van der Waals surface area contributed by atoms with E-state index in [2.05, 4.69) is 6.92 Å². The highest BCUT2D eigenvalue weighted by atomic mass is 16.6. The summed E-state index contributed by atoms with van der Waals surface area (Å²) in [5.41, 5.74) is 1.61. The summed E-state index contributed by atoms with van der Waals surface area (Å²) in [7, 11) is 0. The Labute approximate surface area is 77.5 Å². The molecule has 1 aromatic rings. The van der Waals surface area contributed by atoms with Gasteiger partial charge in [0.05, 0.1) is 4.92 Å². The van der Waals surface area contributed by atoms with Crippen molar-refractivity contribution in [2.75, 3.05) is 0 Å². The number of nitro benzene ring substituents is 1. The van der Waals surface area contributed by atoms with Gasteiger partial charge in [-0.15, -0.1) is 0 Å². The first kappa shape index (κ1) is 9.71. The molecule has 0 atom stereocenters. The van der Waals surface area contributed by atoms with Gasteiger partial charge in [-0.2, -0.15) is 0 Å². The number of nitrogens with zero attached hydrogens (tertiary/aromatic N) is 1. The van der Waals surface area contributed by atoms with Crippen molar-refractivity contribution in [2.24, 2.45) is 0 Å². The van der Waals surface area contributed by atoms with Crippen molar-refractivity contribution in [1.29, 1.82) is 0 Å². The van der Waals surface area contributed by atoms with Crippen molar-refractivity contribution in [1.82, 2.24) is 0 Å². The Hall–Kier alpha value is -1.38. The molecule has 0 spiro atoms. The molecule has 0 fully saturated rings. The second-order valence-corrected chi connectivity index (χ2v) is 3.30.